The highest BCUT2D eigenvalue weighted by molar-refractivity contribution is 8.00. The predicted octanol–water partition coefficient (Wildman–Crippen LogP) is 2.96. The first kappa shape index (κ1) is 39.3. The van der Waals surface area contributed by atoms with Crippen LogP contribution in [0.2, 0.25) is 0 Å². The third kappa shape index (κ3) is 8.15. The van der Waals surface area contributed by atoms with Gasteiger partial charge >= 0.3 is 23.9 Å². The number of amides is 3. The van der Waals surface area contributed by atoms with Gasteiger partial charge in [-0.2, -0.15) is 0 Å². The Hall–Kier alpha value is -6.40. The molecule has 290 valence electrons. The van der Waals surface area contributed by atoms with Crippen LogP contribution in [0.15, 0.2) is 104 Å². The molecule has 3 heterocycles. The van der Waals surface area contributed by atoms with Crippen molar-refractivity contribution in [2.75, 3.05) is 12.9 Å². The zero-order valence-electron chi connectivity index (χ0n) is 29.2. The molecule has 6 rings (SSSR count). The average molecular weight is 807 g/mol. The zero-order chi connectivity index (χ0) is 40.1. The molecule has 4 aromatic rings. The normalized spacial score (nSPS) is 17.2. The Morgan fingerprint density at radius 3 is 2.34 bits per heavy atom. The minimum Gasteiger partial charge on any atom is -0.477 e. The van der Waals surface area contributed by atoms with E-state index in [2.05, 4.69) is 15.4 Å². The molecule has 0 aliphatic carbocycles. The zero-order valence-corrected chi connectivity index (χ0v) is 30.7. The van der Waals surface area contributed by atoms with E-state index in [0.29, 0.717) is 10.1 Å². The summed E-state index contributed by atoms with van der Waals surface area (Å²) in [6.45, 7) is -0.0969. The van der Waals surface area contributed by atoms with Gasteiger partial charge in [0.25, 0.3) is 11.5 Å². The highest BCUT2D eigenvalue weighted by atomic mass is 35.5. The molecule has 1 saturated heterocycles. The third-order valence-electron chi connectivity index (χ3n) is 8.76. The number of methoxy groups -OCH3 is 1. The van der Waals surface area contributed by atoms with Crippen LogP contribution in [0, 0.1) is 0 Å². The number of hydrogen-bond acceptors (Lipinski definition) is 13. The molecule has 0 saturated carbocycles. The molecule has 1 unspecified atom stereocenters. The summed E-state index contributed by atoms with van der Waals surface area (Å²) in [6, 6.07) is 15.9. The molecule has 2 aliphatic heterocycles. The number of hydrogen-bond donors (Lipinski definition) is 3. The fraction of sp³-hybridized carbons (Fsp3) is 0.243. The van der Waals surface area contributed by atoms with Crippen molar-refractivity contribution < 1.29 is 52.5 Å². The molecule has 1 aromatic heterocycles. The summed E-state index contributed by atoms with van der Waals surface area (Å²) in [4.78, 5) is 106. The van der Waals surface area contributed by atoms with Crippen molar-refractivity contribution in [3.8, 4) is 5.75 Å². The molecule has 17 nitrogen and oxygen atoms in total. The van der Waals surface area contributed by atoms with E-state index >= 15 is 0 Å². The van der Waals surface area contributed by atoms with E-state index in [9.17, 15) is 43.5 Å². The van der Waals surface area contributed by atoms with E-state index in [4.69, 9.17) is 25.5 Å². The number of thioether (sulfide) groups is 1. The van der Waals surface area contributed by atoms with Gasteiger partial charge in [0.15, 0.2) is 11.3 Å². The number of carboxylic acid groups (broad SMARTS) is 1. The van der Waals surface area contributed by atoms with Gasteiger partial charge in [-0.3, -0.25) is 28.9 Å². The number of esters is 1. The molecule has 3 aromatic carbocycles. The van der Waals surface area contributed by atoms with Crippen LogP contribution >= 0.6 is 23.4 Å². The average Bonchev–Trinajstić information content (AvgIpc) is 3.19. The number of β-lactam (4-membered cyclic amide) rings is 1. The van der Waals surface area contributed by atoms with Gasteiger partial charge < -0.3 is 34.4 Å². The Kier molecular flexibility index (Phi) is 11.9. The number of nitrogens with one attached hydrogen (secondary N) is 2. The Balaban J connectivity index is 1.31. The number of fused-ring (bicyclic) bond motifs is 2. The molecular weight excluding hydrogens is 776 g/mol. The second kappa shape index (κ2) is 17.0. The standard InChI is InChI=1S/C37H31ClN4O13S/c1-52-37(51)54-24-14-8-13-21-29(24)55-36(50)41(32(21)46)23(15-16-25(43)53-17-19-9-4-2-5-10-19)30(44)39-26(20-11-6-3-7-12-20)31(45)40-27-33(47)42-28(35(48)49)22(38)18-56-34(27)42/h2-14,23,26-27,34H,15-18H2,1H3,(H,39,44)(H,40,45)(H,48,49)/t23-,26+,27+,34?/m0/s1. The molecule has 0 radical (unpaired) electrons. The monoisotopic (exact) mass is 806 g/mol. The first-order valence-corrected chi connectivity index (χ1v) is 18.2. The number of aromatic nitrogens is 1. The van der Waals surface area contributed by atoms with Crippen LogP contribution in [0.5, 0.6) is 5.75 Å². The SMILES string of the molecule is COC(=O)Oc1cccc2c(=O)n([C@@H](CCC(=O)OCc3ccccc3)C(=O)N[C@@H](C(=O)N[C@@H]3C(=O)N4C(C(=O)O)=C(Cl)CSC34)c3ccccc3)c(=O)oc12. The fourth-order valence-electron chi connectivity index (χ4n) is 6.06. The van der Waals surface area contributed by atoms with Crippen molar-refractivity contribution in [1.29, 1.82) is 0 Å². The van der Waals surface area contributed by atoms with Gasteiger partial charge in [-0.25, -0.2) is 19.0 Å². The number of ether oxygens (including phenoxy) is 3. The van der Waals surface area contributed by atoms with Crippen molar-refractivity contribution in [3.05, 3.63) is 122 Å². The van der Waals surface area contributed by atoms with Gasteiger partial charge in [-0.1, -0.05) is 78.3 Å². The van der Waals surface area contributed by atoms with E-state index in [0.717, 1.165) is 23.8 Å². The van der Waals surface area contributed by atoms with Crippen molar-refractivity contribution in [3.63, 3.8) is 0 Å². The van der Waals surface area contributed by atoms with Crippen LogP contribution in [0.25, 0.3) is 11.0 Å². The first-order valence-electron chi connectivity index (χ1n) is 16.8. The minimum atomic E-state index is -1.78. The second-order valence-electron chi connectivity index (χ2n) is 12.2. The van der Waals surface area contributed by atoms with Gasteiger partial charge in [0.1, 0.15) is 35.8 Å². The molecule has 3 amide bonds. The lowest BCUT2D eigenvalue weighted by atomic mass is 10.0. The van der Waals surface area contributed by atoms with Crippen molar-refractivity contribution in [2.24, 2.45) is 0 Å². The number of aliphatic carboxylic acids is 1. The van der Waals surface area contributed by atoms with Crippen molar-refractivity contribution >= 4 is 70.1 Å². The first-order chi connectivity index (χ1) is 26.9. The van der Waals surface area contributed by atoms with Crippen LogP contribution in [-0.4, -0.2) is 74.7 Å². The second-order valence-corrected chi connectivity index (χ2v) is 13.8. The summed E-state index contributed by atoms with van der Waals surface area (Å²) in [5.41, 5.74) is -0.959. The predicted molar refractivity (Wildman–Crippen MR) is 197 cm³/mol. The van der Waals surface area contributed by atoms with Crippen LogP contribution in [0.1, 0.15) is 36.1 Å². The fourth-order valence-corrected chi connectivity index (χ4v) is 7.61. The molecule has 0 spiro atoms. The summed E-state index contributed by atoms with van der Waals surface area (Å²) in [6.07, 6.45) is -2.13. The number of halogens is 1. The molecule has 56 heavy (non-hydrogen) atoms. The maximum absolute atomic E-state index is 14.3. The summed E-state index contributed by atoms with van der Waals surface area (Å²) in [5.74, 6) is -6.51. The number of para-hydroxylation sites is 1. The minimum absolute atomic E-state index is 0.0399. The highest BCUT2D eigenvalue weighted by Crippen LogP contribution is 2.41. The Bertz CT molecular complexity index is 2370. The maximum Gasteiger partial charge on any atom is 0.513 e. The molecule has 3 N–H and O–H groups in total. The van der Waals surface area contributed by atoms with E-state index in [1.54, 1.807) is 48.5 Å². The topological polar surface area (TPSA) is 230 Å². The smallest absolute Gasteiger partial charge is 0.477 e. The summed E-state index contributed by atoms with van der Waals surface area (Å²) in [7, 11) is 1.05. The number of nitrogens with zero attached hydrogens (tertiary/aromatic N) is 2. The lowest BCUT2D eigenvalue weighted by molar-refractivity contribution is -0.151. The quantitative estimate of drug-likeness (QED) is 0.100. The van der Waals surface area contributed by atoms with E-state index < -0.39 is 94.8 Å². The van der Waals surface area contributed by atoms with Gasteiger partial charge in [0, 0.05) is 12.2 Å². The van der Waals surface area contributed by atoms with Crippen LogP contribution in [0.4, 0.5) is 4.79 Å². The number of benzene rings is 3. The number of carbonyl (C=O) groups is 6. The molecular formula is C37H31ClN4O13S. The lowest BCUT2D eigenvalue weighted by Crippen LogP contribution is -2.71. The van der Waals surface area contributed by atoms with Crippen LogP contribution < -0.4 is 26.7 Å². The number of carbonyl (C=O) groups excluding carboxylic acids is 5. The van der Waals surface area contributed by atoms with E-state index in [1.807, 2.05) is 0 Å². The largest absolute Gasteiger partial charge is 0.513 e. The van der Waals surface area contributed by atoms with Gasteiger partial charge in [0.05, 0.1) is 17.5 Å². The van der Waals surface area contributed by atoms with Crippen LogP contribution in [0.3, 0.4) is 0 Å². The number of carboxylic acids is 1. The molecule has 0 bridgehead atoms. The van der Waals surface area contributed by atoms with Gasteiger partial charge in [-0.05, 0) is 29.7 Å². The van der Waals surface area contributed by atoms with E-state index in [-0.39, 0.29) is 34.1 Å². The van der Waals surface area contributed by atoms with E-state index in [1.165, 1.54) is 30.3 Å². The number of rotatable bonds is 13. The summed E-state index contributed by atoms with van der Waals surface area (Å²) >= 11 is 7.21. The van der Waals surface area contributed by atoms with Crippen molar-refractivity contribution in [2.45, 2.75) is 42.9 Å². The summed E-state index contributed by atoms with van der Waals surface area (Å²) in [5, 5.41) is 13.6. The van der Waals surface area contributed by atoms with Crippen molar-refractivity contribution in [1.82, 2.24) is 20.1 Å². The third-order valence-corrected chi connectivity index (χ3v) is 10.5. The molecule has 1 fully saturated rings. The Morgan fingerprint density at radius 1 is 0.964 bits per heavy atom. The van der Waals surface area contributed by atoms with Crippen LogP contribution in [-0.2, 0) is 40.1 Å². The summed E-state index contributed by atoms with van der Waals surface area (Å²) < 4.78 is 20.7. The maximum atomic E-state index is 14.3. The van der Waals surface area contributed by atoms with Gasteiger partial charge in [-0.15, -0.1) is 11.8 Å². The molecule has 2 aliphatic rings. The molecule has 19 heteroatoms. The molecule has 4 atom stereocenters. The Morgan fingerprint density at radius 2 is 1.66 bits per heavy atom. The lowest BCUT2D eigenvalue weighted by Gasteiger charge is -2.49. The van der Waals surface area contributed by atoms with Gasteiger partial charge in [0.2, 0.25) is 11.8 Å². The Labute approximate surface area is 325 Å². The highest BCUT2D eigenvalue weighted by Gasteiger charge is 2.54.